The summed E-state index contributed by atoms with van der Waals surface area (Å²) in [5.74, 6) is 0.771. The molecular formula is C20H22N6O3S2. The largest absolute Gasteiger partial charge is 0.351 e. The molecule has 0 aliphatic carbocycles. The molecule has 0 bridgehead atoms. The van der Waals surface area contributed by atoms with Crippen molar-refractivity contribution < 1.29 is 13.9 Å². The van der Waals surface area contributed by atoms with Gasteiger partial charge in [-0.05, 0) is 29.3 Å². The average molecular weight is 459 g/mol. The maximum absolute atomic E-state index is 12.5. The summed E-state index contributed by atoms with van der Waals surface area (Å²) < 4.78 is 22.9. The van der Waals surface area contributed by atoms with E-state index in [1.807, 2.05) is 30.9 Å². The van der Waals surface area contributed by atoms with Crippen molar-refractivity contribution in [3.63, 3.8) is 0 Å². The number of carbonyl (C=O) groups is 1. The van der Waals surface area contributed by atoms with E-state index in [0.717, 1.165) is 28.7 Å². The first kappa shape index (κ1) is 20.2. The molecule has 1 aliphatic heterocycles. The Morgan fingerprint density at radius 3 is 2.81 bits per heavy atom. The Bertz CT molecular complexity index is 1260. The smallest absolute Gasteiger partial charge is 0.261 e. The number of nitrogens with one attached hydrogen (secondary N) is 1. The molecule has 1 atom stereocenters. The second-order valence-corrected chi connectivity index (χ2v) is 11.1. The van der Waals surface area contributed by atoms with Gasteiger partial charge in [0.1, 0.15) is 0 Å². The molecule has 0 saturated carbocycles. The molecule has 0 radical (unpaired) electrons. The molecule has 3 N–H and O–H groups in total. The summed E-state index contributed by atoms with van der Waals surface area (Å²) >= 11 is 1.37. The Kier molecular flexibility index (Phi) is 5.05. The van der Waals surface area contributed by atoms with Crippen molar-refractivity contribution in [2.24, 2.45) is 13.0 Å². The Morgan fingerprint density at radius 2 is 2.06 bits per heavy atom. The lowest BCUT2D eigenvalue weighted by Crippen LogP contribution is -2.29. The van der Waals surface area contributed by atoms with Crippen molar-refractivity contribution in [2.75, 3.05) is 18.1 Å². The molecule has 9 nitrogen and oxygen atoms in total. The van der Waals surface area contributed by atoms with E-state index >= 15 is 0 Å². The van der Waals surface area contributed by atoms with Crippen molar-refractivity contribution in [2.45, 2.75) is 6.42 Å². The van der Waals surface area contributed by atoms with E-state index < -0.39 is 10.6 Å². The highest BCUT2D eigenvalue weighted by Crippen LogP contribution is 2.48. The summed E-state index contributed by atoms with van der Waals surface area (Å²) in [4.78, 5) is 17.7. The number of fused-ring (bicyclic) bond motifs is 1. The third-order valence-electron chi connectivity index (χ3n) is 5.44. The molecule has 5 heterocycles. The van der Waals surface area contributed by atoms with E-state index in [-0.39, 0.29) is 11.8 Å². The first-order chi connectivity index (χ1) is 14.9. The zero-order valence-corrected chi connectivity index (χ0v) is 18.4. The van der Waals surface area contributed by atoms with E-state index in [2.05, 4.69) is 20.5 Å². The van der Waals surface area contributed by atoms with Gasteiger partial charge in [0, 0.05) is 60.4 Å². The third kappa shape index (κ3) is 4.09. The van der Waals surface area contributed by atoms with Gasteiger partial charge in [-0.1, -0.05) is 0 Å². The van der Waals surface area contributed by atoms with Gasteiger partial charge in [0.15, 0.2) is 5.65 Å². The minimum atomic E-state index is -2.44. The predicted octanol–water partition coefficient (Wildman–Crippen LogP) is 3.36. The molecule has 4 aromatic heterocycles. The number of aromatic nitrogens is 5. The molecule has 1 unspecified atom stereocenters. The van der Waals surface area contributed by atoms with Gasteiger partial charge in [0.05, 0.1) is 17.3 Å². The Labute approximate surface area is 184 Å². The quantitative estimate of drug-likeness (QED) is 0.422. The molecule has 1 fully saturated rings. The Balaban J connectivity index is 1.31. The maximum atomic E-state index is 12.5. The monoisotopic (exact) mass is 458 g/mol. The number of amides is 1. The molecule has 4 aromatic rings. The van der Waals surface area contributed by atoms with Crippen LogP contribution in [0, 0.1) is 5.92 Å². The van der Waals surface area contributed by atoms with Crippen LogP contribution in [-0.2, 0) is 7.05 Å². The first-order valence-electron chi connectivity index (χ1n) is 9.81. The number of hydrogen-bond donors (Lipinski definition) is 3. The predicted molar refractivity (Wildman–Crippen MR) is 122 cm³/mol. The number of hydrogen-bond acceptors (Lipinski definition) is 7. The van der Waals surface area contributed by atoms with Gasteiger partial charge in [-0.25, -0.2) is 9.50 Å². The van der Waals surface area contributed by atoms with Gasteiger partial charge >= 0.3 is 0 Å². The zero-order chi connectivity index (χ0) is 21.6. The van der Waals surface area contributed by atoms with Crippen molar-refractivity contribution in [1.82, 2.24) is 29.7 Å². The van der Waals surface area contributed by atoms with Gasteiger partial charge in [0.2, 0.25) is 0 Å². The molecule has 0 spiro atoms. The normalized spacial score (nSPS) is 19.0. The number of aryl methyl sites for hydroxylation is 1. The lowest BCUT2D eigenvalue weighted by atomic mass is 10.1. The van der Waals surface area contributed by atoms with Crippen LogP contribution in [0.25, 0.3) is 27.9 Å². The topological polar surface area (TPSA) is 118 Å². The van der Waals surface area contributed by atoms with Crippen LogP contribution >= 0.6 is 21.9 Å². The number of thiophene rings is 1. The molecule has 1 amide bonds. The minimum Gasteiger partial charge on any atom is -0.351 e. The maximum Gasteiger partial charge on any atom is 0.261 e. The van der Waals surface area contributed by atoms with Crippen LogP contribution < -0.4 is 5.32 Å². The van der Waals surface area contributed by atoms with Crippen LogP contribution in [0.2, 0.25) is 0 Å². The lowest BCUT2D eigenvalue weighted by Gasteiger charge is -2.26. The van der Waals surface area contributed by atoms with Gasteiger partial charge in [0.25, 0.3) is 5.91 Å². The van der Waals surface area contributed by atoms with Crippen molar-refractivity contribution in [3.8, 4) is 22.3 Å². The van der Waals surface area contributed by atoms with E-state index in [9.17, 15) is 13.9 Å². The number of rotatable bonds is 5. The van der Waals surface area contributed by atoms with Crippen molar-refractivity contribution in [3.05, 3.63) is 47.3 Å². The van der Waals surface area contributed by atoms with Crippen LogP contribution in [0.5, 0.6) is 0 Å². The SMILES string of the molecule is Cn1cc(-c2cnc3c(-c4csc(C(=O)NCC5CCS(O)(O)C5)c4)cnn3c2)cn1. The molecule has 1 aliphatic rings. The average Bonchev–Trinajstić information content (AvgIpc) is 3.51. The lowest BCUT2D eigenvalue weighted by molar-refractivity contribution is 0.0952. The highest BCUT2D eigenvalue weighted by atomic mass is 32.3. The van der Waals surface area contributed by atoms with E-state index in [4.69, 9.17) is 0 Å². The second kappa shape index (κ2) is 7.75. The van der Waals surface area contributed by atoms with E-state index in [0.29, 0.717) is 28.6 Å². The molecule has 1 saturated heterocycles. The fourth-order valence-corrected chi connectivity index (χ4v) is 6.52. The number of nitrogens with zero attached hydrogens (tertiary/aromatic N) is 5. The van der Waals surface area contributed by atoms with Crippen LogP contribution in [0.4, 0.5) is 0 Å². The number of carbonyl (C=O) groups excluding carboxylic acids is 1. The van der Waals surface area contributed by atoms with E-state index in [1.54, 1.807) is 27.8 Å². The summed E-state index contributed by atoms with van der Waals surface area (Å²) in [5, 5.41) is 13.5. The molecule has 162 valence electrons. The summed E-state index contributed by atoms with van der Waals surface area (Å²) in [6.07, 6.45) is 9.89. The van der Waals surface area contributed by atoms with E-state index in [1.165, 1.54) is 11.3 Å². The Hall–Kier alpha value is -2.73. The van der Waals surface area contributed by atoms with Crippen molar-refractivity contribution >= 4 is 33.5 Å². The van der Waals surface area contributed by atoms with Gasteiger partial charge < -0.3 is 5.32 Å². The van der Waals surface area contributed by atoms with Gasteiger partial charge in [-0.15, -0.1) is 11.3 Å². The molecule has 11 heteroatoms. The fourth-order valence-electron chi connectivity index (χ4n) is 3.78. The van der Waals surface area contributed by atoms with Crippen LogP contribution in [0.1, 0.15) is 16.1 Å². The summed E-state index contributed by atoms with van der Waals surface area (Å²) in [7, 11) is -0.576. The first-order valence-corrected chi connectivity index (χ1v) is 12.6. The van der Waals surface area contributed by atoms with Crippen LogP contribution in [0.3, 0.4) is 0 Å². The summed E-state index contributed by atoms with van der Waals surface area (Å²) in [5.41, 5.74) is 4.35. The third-order valence-corrected chi connectivity index (χ3v) is 8.26. The summed E-state index contributed by atoms with van der Waals surface area (Å²) in [6, 6.07) is 1.84. The highest BCUT2D eigenvalue weighted by Gasteiger charge is 2.28. The van der Waals surface area contributed by atoms with Crippen LogP contribution in [-0.4, -0.2) is 57.4 Å². The van der Waals surface area contributed by atoms with Crippen LogP contribution in [0.15, 0.2) is 42.4 Å². The zero-order valence-electron chi connectivity index (χ0n) is 16.8. The molecule has 5 rings (SSSR count). The minimum absolute atomic E-state index is 0.117. The highest BCUT2D eigenvalue weighted by molar-refractivity contribution is 8.24. The molecular weight excluding hydrogens is 436 g/mol. The van der Waals surface area contributed by atoms with Gasteiger partial charge in [-0.3, -0.25) is 18.6 Å². The Morgan fingerprint density at radius 1 is 1.23 bits per heavy atom. The standard InChI is InChI=1S/C20H22N6O3S2/c1-25-9-16(7-23-25)15-6-21-19-17(8-24-26(19)10-15)14-4-18(30-11-14)20(27)22-5-13-2-3-31(28,29)12-13/h4,6-11,13,28-29H,2-3,5,12H2,1H3,(H,22,27). The van der Waals surface area contributed by atoms with Gasteiger partial charge in [-0.2, -0.15) is 20.8 Å². The summed E-state index contributed by atoms with van der Waals surface area (Å²) in [6.45, 7) is 0.456. The van der Waals surface area contributed by atoms with Crippen molar-refractivity contribution in [1.29, 1.82) is 0 Å². The molecule has 0 aromatic carbocycles. The second-order valence-electron chi connectivity index (χ2n) is 7.81. The fraction of sp³-hybridized carbons (Fsp3) is 0.300. The molecule has 31 heavy (non-hydrogen) atoms.